The summed E-state index contributed by atoms with van der Waals surface area (Å²) in [7, 11) is -3.18. The number of fused-ring (bicyclic) bond motifs is 2. The SMILES string of the molecule is CS(=O)(=O)c1ccc(CNC(=O)C2CC3CCCC(C2)C3N)cc1. The third kappa shape index (κ3) is 3.81. The van der Waals surface area contributed by atoms with Gasteiger partial charge in [-0.2, -0.15) is 0 Å². The zero-order valence-corrected chi connectivity index (χ0v) is 14.9. The Labute approximate surface area is 143 Å². The summed E-state index contributed by atoms with van der Waals surface area (Å²) in [5.41, 5.74) is 7.19. The molecule has 0 spiro atoms. The zero-order valence-electron chi connectivity index (χ0n) is 14.1. The van der Waals surface area contributed by atoms with Crippen LogP contribution in [-0.2, 0) is 21.2 Å². The molecule has 0 radical (unpaired) electrons. The number of benzene rings is 1. The maximum atomic E-state index is 12.5. The van der Waals surface area contributed by atoms with E-state index in [1.807, 2.05) is 0 Å². The summed E-state index contributed by atoms with van der Waals surface area (Å²) in [6, 6.07) is 6.94. The van der Waals surface area contributed by atoms with Gasteiger partial charge in [0.05, 0.1) is 4.90 Å². The molecule has 1 aromatic carbocycles. The van der Waals surface area contributed by atoms with Gasteiger partial charge in [-0.25, -0.2) is 8.42 Å². The quantitative estimate of drug-likeness (QED) is 0.867. The molecule has 0 heterocycles. The van der Waals surface area contributed by atoms with Crippen molar-refractivity contribution in [2.45, 2.75) is 49.6 Å². The smallest absolute Gasteiger partial charge is 0.223 e. The molecule has 3 N–H and O–H groups in total. The van der Waals surface area contributed by atoms with Gasteiger partial charge in [-0.3, -0.25) is 4.79 Å². The largest absolute Gasteiger partial charge is 0.352 e. The highest BCUT2D eigenvalue weighted by Crippen LogP contribution is 2.41. The van der Waals surface area contributed by atoms with Crippen molar-refractivity contribution in [3.8, 4) is 0 Å². The van der Waals surface area contributed by atoms with E-state index in [-0.39, 0.29) is 17.9 Å². The van der Waals surface area contributed by atoms with Gasteiger partial charge in [-0.05, 0) is 55.2 Å². The van der Waals surface area contributed by atoms with E-state index in [0.29, 0.717) is 23.3 Å². The van der Waals surface area contributed by atoms with E-state index in [0.717, 1.165) is 31.2 Å². The minimum absolute atomic E-state index is 0.0652. The predicted octanol–water partition coefficient (Wildman–Crippen LogP) is 1.86. The lowest BCUT2D eigenvalue weighted by Crippen LogP contribution is -2.49. The van der Waals surface area contributed by atoms with Crippen LogP contribution in [-0.4, -0.2) is 26.6 Å². The van der Waals surface area contributed by atoms with E-state index in [1.54, 1.807) is 24.3 Å². The highest BCUT2D eigenvalue weighted by atomic mass is 32.2. The van der Waals surface area contributed by atoms with Crippen LogP contribution in [0.1, 0.15) is 37.7 Å². The van der Waals surface area contributed by atoms with Crippen molar-refractivity contribution >= 4 is 15.7 Å². The minimum Gasteiger partial charge on any atom is -0.352 e. The van der Waals surface area contributed by atoms with E-state index in [2.05, 4.69) is 5.32 Å². The van der Waals surface area contributed by atoms with Gasteiger partial charge in [0.15, 0.2) is 9.84 Å². The summed E-state index contributed by atoms with van der Waals surface area (Å²) in [6.07, 6.45) is 6.52. The number of nitrogens with one attached hydrogen (secondary N) is 1. The summed E-state index contributed by atoms with van der Waals surface area (Å²) in [4.78, 5) is 12.8. The number of hydrogen-bond acceptors (Lipinski definition) is 4. The average Bonchev–Trinajstić information content (AvgIpc) is 2.52. The van der Waals surface area contributed by atoms with Gasteiger partial charge >= 0.3 is 0 Å². The second-order valence-corrected chi connectivity index (χ2v) is 9.35. The monoisotopic (exact) mass is 350 g/mol. The molecule has 2 bridgehead atoms. The highest BCUT2D eigenvalue weighted by molar-refractivity contribution is 7.90. The van der Waals surface area contributed by atoms with Gasteiger partial charge in [-0.1, -0.05) is 18.6 Å². The van der Waals surface area contributed by atoms with Crippen molar-refractivity contribution in [1.82, 2.24) is 5.32 Å². The Morgan fingerprint density at radius 3 is 2.29 bits per heavy atom. The van der Waals surface area contributed by atoms with Gasteiger partial charge in [-0.15, -0.1) is 0 Å². The van der Waals surface area contributed by atoms with Crippen LogP contribution in [0.4, 0.5) is 0 Å². The molecular formula is C18H26N2O3S. The van der Waals surface area contributed by atoms with Crippen LogP contribution in [0.5, 0.6) is 0 Å². The van der Waals surface area contributed by atoms with Gasteiger partial charge in [0.25, 0.3) is 0 Å². The number of nitrogens with two attached hydrogens (primary N) is 1. The summed E-state index contributed by atoms with van der Waals surface area (Å²) < 4.78 is 22.9. The minimum atomic E-state index is -3.18. The lowest BCUT2D eigenvalue weighted by Gasteiger charge is -2.43. The Kier molecular flexibility index (Phi) is 4.97. The molecule has 0 aliphatic heterocycles. The number of rotatable bonds is 4. The van der Waals surface area contributed by atoms with Crippen molar-refractivity contribution in [3.63, 3.8) is 0 Å². The summed E-state index contributed by atoms with van der Waals surface area (Å²) in [5.74, 6) is 1.14. The first-order valence-corrected chi connectivity index (χ1v) is 10.6. The van der Waals surface area contributed by atoms with Crippen LogP contribution in [0.25, 0.3) is 0 Å². The van der Waals surface area contributed by atoms with Gasteiger partial charge in [0, 0.05) is 24.8 Å². The maximum Gasteiger partial charge on any atom is 0.223 e. The van der Waals surface area contributed by atoms with Gasteiger partial charge < -0.3 is 11.1 Å². The fraction of sp³-hybridized carbons (Fsp3) is 0.611. The van der Waals surface area contributed by atoms with Crippen LogP contribution in [0.2, 0.25) is 0 Å². The number of carbonyl (C=O) groups excluding carboxylic acids is 1. The predicted molar refractivity (Wildman–Crippen MR) is 92.9 cm³/mol. The molecular weight excluding hydrogens is 324 g/mol. The molecule has 2 aliphatic rings. The molecule has 5 nitrogen and oxygen atoms in total. The van der Waals surface area contributed by atoms with Crippen LogP contribution in [0.3, 0.4) is 0 Å². The van der Waals surface area contributed by atoms with Crippen molar-refractivity contribution in [2.75, 3.05) is 6.26 Å². The van der Waals surface area contributed by atoms with E-state index in [9.17, 15) is 13.2 Å². The normalized spacial score (nSPS) is 29.9. The first kappa shape index (κ1) is 17.4. The van der Waals surface area contributed by atoms with Crippen molar-refractivity contribution in [2.24, 2.45) is 23.5 Å². The second-order valence-electron chi connectivity index (χ2n) is 7.33. The fourth-order valence-electron chi connectivity index (χ4n) is 4.19. The van der Waals surface area contributed by atoms with E-state index < -0.39 is 9.84 Å². The standard InChI is InChI=1S/C18H26N2O3S/c1-24(22,23)16-7-5-12(6-8-16)11-20-18(21)15-9-13-3-2-4-14(10-15)17(13)19/h5-8,13-15,17H,2-4,9-11,19H2,1H3,(H,20,21). The molecule has 3 rings (SSSR count). The molecule has 1 amide bonds. The molecule has 2 fully saturated rings. The van der Waals surface area contributed by atoms with Crippen LogP contribution < -0.4 is 11.1 Å². The zero-order chi connectivity index (χ0) is 17.3. The van der Waals surface area contributed by atoms with Crippen molar-refractivity contribution < 1.29 is 13.2 Å². The second kappa shape index (κ2) is 6.84. The average molecular weight is 350 g/mol. The Hall–Kier alpha value is -1.40. The van der Waals surface area contributed by atoms with Crippen LogP contribution in [0, 0.1) is 17.8 Å². The van der Waals surface area contributed by atoms with Crippen LogP contribution >= 0.6 is 0 Å². The molecule has 2 aliphatic carbocycles. The lowest BCUT2D eigenvalue weighted by molar-refractivity contribution is -0.128. The number of amides is 1. The highest BCUT2D eigenvalue weighted by Gasteiger charge is 2.40. The van der Waals surface area contributed by atoms with E-state index in [1.165, 1.54) is 12.7 Å². The topological polar surface area (TPSA) is 89.3 Å². The Morgan fingerprint density at radius 1 is 1.17 bits per heavy atom. The maximum absolute atomic E-state index is 12.5. The Bertz CT molecular complexity index is 685. The van der Waals surface area contributed by atoms with E-state index >= 15 is 0 Å². The molecule has 132 valence electrons. The third-order valence-corrected chi connectivity index (χ3v) is 6.73. The summed E-state index contributed by atoms with van der Waals surface area (Å²) in [6.45, 7) is 0.431. The Balaban J connectivity index is 1.56. The molecule has 2 atom stereocenters. The number of carbonyl (C=O) groups is 1. The number of sulfone groups is 1. The summed E-state index contributed by atoms with van der Waals surface area (Å²) >= 11 is 0. The first-order chi connectivity index (χ1) is 11.3. The van der Waals surface area contributed by atoms with E-state index in [4.69, 9.17) is 5.73 Å². The molecule has 24 heavy (non-hydrogen) atoms. The fourth-order valence-corrected chi connectivity index (χ4v) is 4.82. The lowest BCUT2D eigenvalue weighted by atomic mass is 9.65. The molecule has 2 unspecified atom stereocenters. The molecule has 6 heteroatoms. The van der Waals surface area contributed by atoms with Crippen LogP contribution in [0.15, 0.2) is 29.2 Å². The first-order valence-electron chi connectivity index (χ1n) is 8.67. The summed E-state index contributed by atoms with van der Waals surface area (Å²) in [5, 5.41) is 3.00. The van der Waals surface area contributed by atoms with Gasteiger partial charge in [0.1, 0.15) is 0 Å². The van der Waals surface area contributed by atoms with Crippen molar-refractivity contribution in [1.29, 1.82) is 0 Å². The number of hydrogen-bond donors (Lipinski definition) is 2. The molecule has 0 saturated heterocycles. The third-order valence-electron chi connectivity index (χ3n) is 5.60. The Morgan fingerprint density at radius 2 is 1.75 bits per heavy atom. The molecule has 2 saturated carbocycles. The molecule has 0 aromatic heterocycles. The van der Waals surface area contributed by atoms with Gasteiger partial charge in [0.2, 0.25) is 5.91 Å². The van der Waals surface area contributed by atoms with Crippen molar-refractivity contribution in [3.05, 3.63) is 29.8 Å². The molecule has 1 aromatic rings.